The predicted molar refractivity (Wildman–Crippen MR) is 72.4 cm³/mol. The van der Waals surface area contributed by atoms with E-state index in [2.05, 4.69) is 27.5 Å². The summed E-state index contributed by atoms with van der Waals surface area (Å²) in [4.78, 5) is 17.6. The molecule has 2 rings (SSSR count). The van der Waals surface area contributed by atoms with E-state index in [0.29, 0.717) is 25.4 Å². The zero-order valence-corrected chi connectivity index (χ0v) is 11.6. The van der Waals surface area contributed by atoms with Crippen LogP contribution in [0.1, 0.15) is 12.8 Å². The molecule has 4 nitrogen and oxygen atoms in total. The van der Waals surface area contributed by atoms with Gasteiger partial charge in [-0.25, -0.2) is 4.98 Å². The van der Waals surface area contributed by atoms with Crippen LogP contribution in [0.2, 0.25) is 0 Å². The van der Waals surface area contributed by atoms with Crippen molar-refractivity contribution in [1.82, 2.24) is 9.88 Å². The fraction of sp³-hybridized carbons (Fsp3) is 0.385. The Morgan fingerprint density at radius 1 is 1.67 bits per heavy atom. The fourth-order valence-corrected chi connectivity index (χ4v) is 2.06. The molecule has 0 bridgehead atoms. The summed E-state index contributed by atoms with van der Waals surface area (Å²) in [5.41, 5.74) is 0. The quantitative estimate of drug-likeness (QED) is 0.784. The van der Waals surface area contributed by atoms with Crippen LogP contribution in [-0.2, 0) is 4.79 Å². The Morgan fingerprint density at radius 3 is 3.11 bits per heavy atom. The van der Waals surface area contributed by atoms with Gasteiger partial charge in [-0.3, -0.25) is 4.79 Å². The van der Waals surface area contributed by atoms with Gasteiger partial charge in [-0.05, 0) is 34.5 Å². The molecule has 1 saturated heterocycles. The van der Waals surface area contributed by atoms with Gasteiger partial charge in [-0.1, -0.05) is 6.08 Å². The van der Waals surface area contributed by atoms with E-state index in [4.69, 9.17) is 4.74 Å². The lowest BCUT2D eigenvalue weighted by atomic mass is 10.1. The maximum atomic E-state index is 11.6. The number of aromatic nitrogens is 1. The van der Waals surface area contributed by atoms with Crippen LogP contribution < -0.4 is 4.74 Å². The van der Waals surface area contributed by atoms with E-state index in [-0.39, 0.29) is 12.0 Å². The summed E-state index contributed by atoms with van der Waals surface area (Å²) < 4.78 is 6.53. The van der Waals surface area contributed by atoms with E-state index in [9.17, 15) is 4.79 Å². The number of likely N-dealkylation sites (tertiary alicyclic amines) is 1. The van der Waals surface area contributed by atoms with Crippen LogP contribution in [0.15, 0.2) is 35.5 Å². The van der Waals surface area contributed by atoms with E-state index >= 15 is 0 Å². The minimum absolute atomic E-state index is 0.0453. The first-order chi connectivity index (χ1) is 8.70. The maximum absolute atomic E-state index is 11.6. The van der Waals surface area contributed by atoms with Gasteiger partial charge in [0.25, 0.3) is 0 Å². The second kappa shape index (κ2) is 6.00. The van der Waals surface area contributed by atoms with Crippen molar-refractivity contribution in [3.63, 3.8) is 0 Å². The van der Waals surface area contributed by atoms with E-state index < -0.39 is 0 Å². The van der Waals surface area contributed by atoms with Crippen molar-refractivity contribution in [2.45, 2.75) is 18.9 Å². The van der Waals surface area contributed by atoms with Crippen molar-refractivity contribution in [2.75, 3.05) is 13.1 Å². The molecule has 1 fully saturated rings. The lowest BCUT2D eigenvalue weighted by molar-refractivity contribution is -0.140. The standard InChI is InChI=1S/C13H15BrN2O2/c1-2-3-6-12(17)16-8-10(9-16)18-13-11(14)5-4-7-15-13/h2,4-5,7,10H,1,3,6,8-9H2. The smallest absolute Gasteiger partial charge is 0.228 e. The second-order valence-corrected chi connectivity index (χ2v) is 5.01. The van der Waals surface area contributed by atoms with Gasteiger partial charge in [0.15, 0.2) is 0 Å². The first-order valence-corrected chi connectivity index (χ1v) is 6.66. The molecule has 0 aliphatic carbocycles. The van der Waals surface area contributed by atoms with E-state index in [0.717, 1.165) is 10.9 Å². The monoisotopic (exact) mass is 310 g/mol. The van der Waals surface area contributed by atoms with Crippen LogP contribution >= 0.6 is 15.9 Å². The molecule has 5 heteroatoms. The number of hydrogen-bond donors (Lipinski definition) is 0. The Kier molecular flexibility index (Phi) is 4.36. The molecule has 1 aromatic heterocycles. The van der Waals surface area contributed by atoms with Crippen molar-refractivity contribution in [2.24, 2.45) is 0 Å². The summed E-state index contributed by atoms with van der Waals surface area (Å²) in [6, 6.07) is 3.72. The molecular weight excluding hydrogens is 296 g/mol. The van der Waals surface area contributed by atoms with Crippen LogP contribution in [0.3, 0.4) is 0 Å². The number of ether oxygens (including phenoxy) is 1. The molecule has 1 aliphatic rings. The van der Waals surface area contributed by atoms with Gasteiger partial charge in [0, 0.05) is 12.6 Å². The minimum Gasteiger partial charge on any atom is -0.470 e. The second-order valence-electron chi connectivity index (χ2n) is 4.16. The molecule has 1 aliphatic heterocycles. The van der Waals surface area contributed by atoms with E-state index in [1.54, 1.807) is 17.2 Å². The number of rotatable bonds is 5. The van der Waals surface area contributed by atoms with Gasteiger partial charge >= 0.3 is 0 Å². The van der Waals surface area contributed by atoms with Crippen LogP contribution in [-0.4, -0.2) is 35.0 Å². The lowest BCUT2D eigenvalue weighted by Gasteiger charge is -2.38. The SMILES string of the molecule is C=CCCC(=O)N1CC(Oc2ncccc2Br)C1. The summed E-state index contributed by atoms with van der Waals surface area (Å²) in [5.74, 6) is 0.746. The number of carbonyl (C=O) groups is 1. The molecule has 0 saturated carbocycles. The third-order valence-electron chi connectivity index (χ3n) is 2.77. The van der Waals surface area contributed by atoms with Gasteiger partial charge in [-0.2, -0.15) is 0 Å². The Bertz CT molecular complexity index is 444. The number of hydrogen-bond acceptors (Lipinski definition) is 3. The van der Waals surface area contributed by atoms with E-state index in [1.165, 1.54) is 0 Å². The number of carbonyl (C=O) groups excluding carboxylic acids is 1. The van der Waals surface area contributed by atoms with Gasteiger partial charge in [0.05, 0.1) is 17.6 Å². The highest BCUT2D eigenvalue weighted by molar-refractivity contribution is 9.10. The molecule has 18 heavy (non-hydrogen) atoms. The van der Waals surface area contributed by atoms with Crippen LogP contribution in [0, 0.1) is 0 Å². The van der Waals surface area contributed by atoms with E-state index in [1.807, 2.05) is 12.1 Å². The maximum Gasteiger partial charge on any atom is 0.228 e. The van der Waals surface area contributed by atoms with Crippen LogP contribution in [0.5, 0.6) is 5.88 Å². The number of amides is 1. The Labute approximate surface area is 115 Å². The molecule has 2 heterocycles. The van der Waals surface area contributed by atoms with Gasteiger partial charge < -0.3 is 9.64 Å². The molecular formula is C13H15BrN2O2. The first-order valence-electron chi connectivity index (χ1n) is 5.86. The van der Waals surface area contributed by atoms with Crippen LogP contribution in [0.25, 0.3) is 0 Å². The first kappa shape index (κ1) is 13.1. The van der Waals surface area contributed by atoms with Gasteiger partial charge in [0.2, 0.25) is 11.8 Å². The topological polar surface area (TPSA) is 42.4 Å². The van der Waals surface area contributed by atoms with Crippen molar-refractivity contribution >= 4 is 21.8 Å². The molecule has 1 amide bonds. The molecule has 0 unspecified atom stereocenters. The number of pyridine rings is 1. The van der Waals surface area contributed by atoms with Crippen molar-refractivity contribution in [3.8, 4) is 5.88 Å². The van der Waals surface area contributed by atoms with Crippen molar-refractivity contribution in [1.29, 1.82) is 0 Å². The van der Waals surface area contributed by atoms with Crippen molar-refractivity contribution in [3.05, 3.63) is 35.5 Å². The summed E-state index contributed by atoms with van der Waals surface area (Å²) in [7, 11) is 0. The average Bonchev–Trinajstić information content (AvgIpc) is 2.32. The Hall–Kier alpha value is -1.36. The lowest BCUT2D eigenvalue weighted by Crippen LogP contribution is -2.56. The largest absolute Gasteiger partial charge is 0.470 e. The summed E-state index contributed by atoms with van der Waals surface area (Å²) >= 11 is 3.38. The molecule has 0 spiro atoms. The summed E-state index contributed by atoms with van der Waals surface area (Å²) in [6.45, 7) is 4.88. The highest BCUT2D eigenvalue weighted by atomic mass is 79.9. The summed E-state index contributed by atoms with van der Waals surface area (Å²) in [6.07, 6.45) is 4.75. The minimum atomic E-state index is 0.0453. The third-order valence-corrected chi connectivity index (χ3v) is 3.37. The average molecular weight is 311 g/mol. The molecule has 0 aromatic carbocycles. The zero-order valence-electron chi connectivity index (χ0n) is 10.0. The summed E-state index contributed by atoms with van der Waals surface area (Å²) in [5, 5.41) is 0. The number of nitrogens with zero attached hydrogens (tertiary/aromatic N) is 2. The predicted octanol–water partition coefficient (Wildman–Crippen LogP) is 2.40. The van der Waals surface area contributed by atoms with Gasteiger partial charge in [0.1, 0.15) is 6.10 Å². The highest BCUT2D eigenvalue weighted by Crippen LogP contribution is 2.24. The molecule has 0 N–H and O–H groups in total. The Morgan fingerprint density at radius 2 is 2.44 bits per heavy atom. The molecule has 96 valence electrons. The normalized spacial score (nSPS) is 15.1. The third kappa shape index (κ3) is 3.10. The molecule has 0 atom stereocenters. The van der Waals surface area contributed by atoms with Crippen LogP contribution in [0.4, 0.5) is 0 Å². The number of halogens is 1. The number of allylic oxidation sites excluding steroid dienone is 1. The fourth-order valence-electron chi connectivity index (χ4n) is 1.72. The van der Waals surface area contributed by atoms with Gasteiger partial charge in [-0.15, -0.1) is 6.58 Å². The molecule has 1 aromatic rings. The highest BCUT2D eigenvalue weighted by Gasteiger charge is 2.32. The van der Waals surface area contributed by atoms with Crippen molar-refractivity contribution < 1.29 is 9.53 Å². The Balaban J connectivity index is 1.78. The molecule has 0 radical (unpaired) electrons. The zero-order chi connectivity index (χ0) is 13.0.